The fourth-order valence-corrected chi connectivity index (χ4v) is 2.29. The van der Waals surface area contributed by atoms with Crippen LogP contribution in [0, 0.1) is 3.57 Å². The van der Waals surface area contributed by atoms with Crippen LogP contribution in [0.2, 0.25) is 0 Å². The van der Waals surface area contributed by atoms with Gasteiger partial charge in [0.05, 0.1) is 9.26 Å². The van der Waals surface area contributed by atoms with Gasteiger partial charge in [-0.15, -0.1) is 0 Å². The molecule has 2 aromatic rings. The van der Waals surface area contributed by atoms with E-state index in [9.17, 15) is 0 Å². The molecular formula is C11H10IN3O2. The van der Waals surface area contributed by atoms with Gasteiger partial charge in [-0.05, 0) is 40.8 Å². The van der Waals surface area contributed by atoms with Gasteiger partial charge in [-0.1, -0.05) is 0 Å². The van der Waals surface area contributed by atoms with Crippen LogP contribution in [0.1, 0.15) is 0 Å². The second-order valence-corrected chi connectivity index (χ2v) is 4.74. The van der Waals surface area contributed by atoms with Crippen LogP contribution in [0.4, 0.5) is 5.82 Å². The predicted octanol–water partition coefficient (Wildman–Crippen LogP) is 2.03. The van der Waals surface area contributed by atoms with Crippen LogP contribution in [0.3, 0.4) is 0 Å². The Kier molecular flexibility index (Phi) is 2.58. The third kappa shape index (κ3) is 1.82. The highest BCUT2D eigenvalue weighted by Crippen LogP contribution is 2.35. The average Bonchev–Trinajstić information content (AvgIpc) is 2.70. The molecule has 2 heterocycles. The maximum atomic E-state index is 5.71. The van der Waals surface area contributed by atoms with E-state index in [1.54, 1.807) is 0 Å². The quantitative estimate of drug-likeness (QED) is 0.778. The lowest BCUT2D eigenvalue weighted by Crippen LogP contribution is -2.15. The van der Waals surface area contributed by atoms with Gasteiger partial charge in [0.15, 0.2) is 17.3 Å². The Morgan fingerprint density at radius 3 is 2.71 bits per heavy atom. The highest BCUT2D eigenvalue weighted by Gasteiger charge is 2.15. The number of aromatic amines is 1. The van der Waals surface area contributed by atoms with E-state index >= 15 is 0 Å². The largest absolute Gasteiger partial charge is 0.486 e. The third-order valence-electron chi connectivity index (χ3n) is 2.56. The van der Waals surface area contributed by atoms with Crippen LogP contribution in [0.15, 0.2) is 18.2 Å². The zero-order valence-corrected chi connectivity index (χ0v) is 11.0. The summed E-state index contributed by atoms with van der Waals surface area (Å²) in [6.45, 7) is 1.18. The molecule has 0 saturated heterocycles. The van der Waals surface area contributed by atoms with E-state index in [0.717, 1.165) is 26.3 Å². The second-order valence-electron chi connectivity index (χ2n) is 3.66. The monoisotopic (exact) mass is 343 g/mol. The Bertz CT molecular complexity index is 568. The summed E-state index contributed by atoms with van der Waals surface area (Å²) in [5, 5.41) is 6.90. The highest BCUT2D eigenvalue weighted by atomic mass is 127. The number of fused-ring (bicyclic) bond motifs is 1. The van der Waals surface area contributed by atoms with Crippen molar-refractivity contribution in [1.82, 2.24) is 10.2 Å². The van der Waals surface area contributed by atoms with Crippen molar-refractivity contribution in [2.75, 3.05) is 18.9 Å². The lowest BCUT2D eigenvalue weighted by Gasteiger charge is -2.18. The minimum atomic E-state index is 0.510. The molecule has 5 nitrogen and oxygen atoms in total. The average molecular weight is 343 g/mol. The summed E-state index contributed by atoms with van der Waals surface area (Å²) in [6, 6.07) is 5.79. The Hall–Kier alpha value is -1.44. The molecule has 88 valence electrons. The number of anilines is 1. The number of benzene rings is 1. The first kappa shape index (κ1) is 10.7. The van der Waals surface area contributed by atoms with E-state index in [1.165, 1.54) is 0 Å². The van der Waals surface area contributed by atoms with E-state index in [-0.39, 0.29) is 0 Å². The second kappa shape index (κ2) is 4.10. The smallest absolute Gasteiger partial charge is 0.162 e. The van der Waals surface area contributed by atoms with Gasteiger partial charge in [0.1, 0.15) is 13.2 Å². The molecule has 1 aliphatic rings. The van der Waals surface area contributed by atoms with Crippen LogP contribution in [-0.2, 0) is 0 Å². The number of rotatable bonds is 1. The van der Waals surface area contributed by atoms with Crippen molar-refractivity contribution >= 4 is 28.4 Å². The van der Waals surface area contributed by atoms with Gasteiger partial charge < -0.3 is 15.2 Å². The molecule has 1 aliphatic heterocycles. The van der Waals surface area contributed by atoms with Gasteiger partial charge >= 0.3 is 0 Å². The van der Waals surface area contributed by atoms with Crippen molar-refractivity contribution < 1.29 is 9.47 Å². The summed E-state index contributed by atoms with van der Waals surface area (Å²) < 4.78 is 11.9. The third-order valence-corrected chi connectivity index (χ3v) is 3.66. The van der Waals surface area contributed by atoms with Crippen LogP contribution in [0.5, 0.6) is 11.5 Å². The normalized spacial score (nSPS) is 13.7. The minimum absolute atomic E-state index is 0.510. The molecule has 0 fully saturated rings. The van der Waals surface area contributed by atoms with Crippen molar-refractivity contribution in [3.05, 3.63) is 21.8 Å². The molecule has 3 N–H and O–H groups in total. The van der Waals surface area contributed by atoms with E-state index in [1.807, 2.05) is 18.2 Å². The molecule has 1 aromatic heterocycles. The summed E-state index contributed by atoms with van der Waals surface area (Å²) in [6.07, 6.45) is 0. The van der Waals surface area contributed by atoms with Gasteiger partial charge in [-0.3, -0.25) is 5.10 Å². The molecule has 0 amide bonds. The predicted molar refractivity (Wildman–Crippen MR) is 72.1 cm³/mol. The topological polar surface area (TPSA) is 73.2 Å². The molecule has 0 bridgehead atoms. The fourth-order valence-electron chi connectivity index (χ4n) is 1.73. The maximum Gasteiger partial charge on any atom is 0.162 e. The summed E-state index contributed by atoms with van der Waals surface area (Å²) in [7, 11) is 0. The van der Waals surface area contributed by atoms with Crippen molar-refractivity contribution in [2.45, 2.75) is 0 Å². The lowest BCUT2D eigenvalue weighted by atomic mass is 10.1. The Balaban J connectivity index is 2.07. The molecule has 1 aromatic carbocycles. The zero-order valence-electron chi connectivity index (χ0n) is 8.87. The van der Waals surface area contributed by atoms with Crippen LogP contribution in [-0.4, -0.2) is 23.4 Å². The van der Waals surface area contributed by atoms with Crippen molar-refractivity contribution in [1.29, 1.82) is 0 Å². The molecule has 3 rings (SSSR count). The number of hydrogen-bond acceptors (Lipinski definition) is 4. The van der Waals surface area contributed by atoms with Crippen molar-refractivity contribution in [3.63, 3.8) is 0 Å². The molecule has 0 unspecified atom stereocenters. The minimum Gasteiger partial charge on any atom is -0.486 e. The Morgan fingerprint density at radius 1 is 1.24 bits per heavy atom. The summed E-state index contributed by atoms with van der Waals surface area (Å²) in [4.78, 5) is 0. The molecule has 0 aliphatic carbocycles. The first-order chi connectivity index (χ1) is 8.25. The molecule has 6 heteroatoms. The standard InChI is InChI=1S/C11H10IN3O2/c12-9-10(14-15-11(9)13)6-1-2-7-8(5-6)17-4-3-16-7/h1-2,5H,3-4H2,(H3,13,14,15). The highest BCUT2D eigenvalue weighted by molar-refractivity contribution is 14.1. The van der Waals surface area contributed by atoms with Crippen LogP contribution < -0.4 is 15.2 Å². The Labute approximate surface area is 111 Å². The maximum absolute atomic E-state index is 5.71. The molecule has 17 heavy (non-hydrogen) atoms. The van der Waals surface area contributed by atoms with Gasteiger partial charge in [-0.2, -0.15) is 5.10 Å². The number of ether oxygens (including phenoxy) is 2. The number of halogens is 1. The van der Waals surface area contributed by atoms with E-state index in [4.69, 9.17) is 15.2 Å². The SMILES string of the molecule is Nc1n[nH]c(-c2ccc3c(c2)OCCO3)c1I. The van der Waals surface area contributed by atoms with Gasteiger partial charge in [-0.25, -0.2) is 0 Å². The number of aromatic nitrogens is 2. The molecular weight excluding hydrogens is 333 g/mol. The molecule has 0 radical (unpaired) electrons. The summed E-state index contributed by atoms with van der Waals surface area (Å²) in [5.41, 5.74) is 7.60. The number of nitrogen functional groups attached to an aromatic ring is 1. The van der Waals surface area contributed by atoms with E-state index < -0.39 is 0 Å². The van der Waals surface area contributed by atoms with Crippen molar-refractivity contribution in [3.8, 4) is 22.8 Å². The number of nitrogens with two attached hydrogens (primary N) is 1. The molecule has 0 spiro atoms. The lowest BCUT2D eigenvalue weighted by molar-refractivity contribution is 0.171. The number of hydrogen-bond donors (Lipinski definition) is 2. The molecule has 0 atom stereocenters. The first-order valence-corrected chi connectivity index (χ1v) is 6.23. The first-order valence-electron chi connectivity index (χ1n) is 5.15. The molecule has 0 saturated carbocycles. The summed E-state index contributed by atoms with van der Waals surface area (Å²) >= 11 is 2.17. The van der Waals surface area contributed by atoms with E-state index in [0.29, 0.717) is 19.0 Å². The number of nitrogens with one attached hydrogen (secondary N) is 1. The fraction of sp³-hybridized carbons (Fsp3) is 0.182. The van der Waals surface area contributed by atoms with Gasteiger partial charge in [0.25, 0.3) is 0 Å². The van der Waals surface area contributed by atoms with Crippen molar-refractivity contribution in [2.24, 2.45) is 0 Å². The van der Waals surface area contributed by atoms with Gasteiger partial charge in [0, 0.05) is 5.56 Å². The zero-order chi connectivity index (χ0) is 11.8. The van der Waals surface area contributed by atoms with Gasteiger partial charge in [0.2, 0.25) is 0 Å². The van der Waals surface area contributed by atoms with Crippen LogP contribution in [0.25, 0.3) is 11.3 Å². The van der Waals surface area contributed by atoms with E-state index in [2.05, 4.69) is 32.8 Å². The number of nitrogens with zero attached hydrogens (tertiary/aromatic N) is 1. The Morgan fingerprint density at radius 2 is 2.00 bits per heavy atom. The summed E-state index contributed by atoms with van der Waals surface area (Å²) in [5.74, 6) is 2.05. The van der Waals surface area contributed by atoms with Crippen LogP contribution >= 0.6 is 22.6 Å². The number of H-pyrrole nitrogens is 1.